The molecule has 5 heteroatoms. The van der Waals surface area contributed by atoms with Crippen LogP contribution < -0.4 is 11.1 Å². The number of rotatable bonds is 5. The zero-order valence-corrected chi connectivity index (χ0v) is 11.1. The van der Waals surface area contributed by atoms with E-state index < -0.39 is 5.97 Å². The first-order valence-electron chi connectivity index (χ1n) is 5.99. The molecule has 0 atom stereocenters. The Kier molecular flexibility index (Phi) is 5.42. The monoisotopic (exact) mass is 259 g/mol. The normalized spacial score (nSPS) is 11.2. The Morgan fingerprint density at radius 3 is 2.53 bits per heavy atom. The van der Waals surface area contributed by atoms with E-state index in [1.54, 1.807) is 25.2 Å². The summed E-state index contributed by atoms with van der Waals surface area (Å²) in [4.78, 5) is 11.7. The van der Waals surface area contributed by atoms with Crippen molar-refractivity contribution in [3.8, 4) is 6.07 Å². The molecule has 0 radical (unpaired) electrons. The summed E-state index contributed by atoms with van der Waals surface area (Å²) in [5.41, 5.74) is 7.35. The number of nitrogens with two attached hydrogens (primary N) is 1. The largest absolute Gasteiger partial charge is 0.462 e. The van der Waals surface area contributed by atoms with Gasteiger partial charge < -0.3 is 15.8 Å². The summed E-state index contributed by atoms with van der Waals surface area (Å²) >= 11 is 0. The summed E-state index contributed by atoms with van der Waals surface area (Å²) < 4.78 is 4.92. The molecule has 0 heterocycles. The molecule has 0 spiro atoms. The summed E-state index contributed by atoms with van der Waals surface area (Å²) in [6, 6.07) is 8.91. The number of hydrogen-bond acceptors (Lipinski definition) is 5. The number of nitriles is 1. The molecule has 0 bridgehead atoms. The van der Waals surface area contributed by atoms with Crippen molar-refractivity contribution < 1.29 is 9.53 Å². The molecule has 0 aliphatic heterocycles. The average Bonchev–Trinajstić information content (AvgIpc) is 2.45. The van der Waals surface area contributed by atoms with Crippen LogP contribution in [0.4, 0.5) is 5.69 Å². The average molecular weight is 259 g/mol. The van der Waals surface area contributed by atoms with Crippen LogP contribution in [-0.4, -0.2) is 19.6 Å². The maximum atomic E-state index is 11.7. The number of hydrogen-bond donors (Lipinski definition) is 2. The van der Waals surface area contributed by atoms with Gasteiger partial charge in [0.2, 0.25) is 0 Å². The lowest BCUT2D eigenvalue weighted by molar-refractivity contribution is -0.138. The summed E-state index contributed by atoms with van der Waals surface area (Å²) in [7, 11) is 1.80. The molecule has 0 saturated heterocycles. The van der Waals surface area contributed by atoms with Crippen LogP contribution in [0.3, 0.4) is 0 Å². The summed E-state index contributed by atoms with van der Waals surface area (Å²) in [6.07, 6.45) is 0.696. The van der Waals surface area contributed by atoms with E-state index in [1.165, 1.54) is 0 Å². The van der Waals surface area contributed by atoms with Gasteiger partial charge in [0.1, 0.15) is 6.07 Å². The summed E-state index contributed by atoms with van der Waals surface area (Å²) in [6.45, 7) is 2.15. The van der Waals surface area contributed by atoms with E-state index in [1.807, 2.05) is 19.1 Å². The van der Waals surface area contributed by atoms with Gasteiger partial charge in [0, 0.05) is 12.7 Å². The zero-order valence-electron chi connectivity index (χ0n) is 11.1. The van der Waals surface area contributed by atoms with E-state index in [2.05, 4.69) is 5.32 Å². The number of benzene rings is 1. The number of anilines is 1. The van der Waals surface area contributed by atoms with Gasteiger partial charge in [-0.15, -0.1) is 0 Å². The fraction of sp³-hybridized carbons (Fsp3) is 0.286. The third-order valence-electron chi connectivity index (χ3n) is 2.51. The van der Waals surface area contributed by atoms with Crippen molar-refractivity contribution in [1.29, 1.82) is 5.26 Å². The second kappa shape index (κ2) is 7.07. The van der Waals surface area contributed by atoms with Crippen LogP contribution in [0.25, 0.3) is 5.70 Å². The minimum Gasteiger partial charge on any atom is -0.462 e. The van der Waals surface area contributed by atoms with Crippen molar-refractivity contribution in [2.24, 2.45) is 5.73 Å². The first kappa shape index (κ1) is 14.6. The van der Waals surface area contributed by atoms with E-state index >= 15 is 0 Å². The molecule has 1 aromatic rings. The van der Waals surface area contributed by atoms with Crippen LogP contribution in [0.2, 0.25) is 0 Å². The smallest absolute Gasteiger partial charge is 0.351 e. The number of carbonyl (C=O) groups excluding carboxylic acids is 1. The van der Waals surface area contributed by atoms with Crippen molar-refractivity contribution >= 4 is 17.4 Å². The molecule has 0 aromatic heterocycles. The maximum absolute atomic E-state index is 11.7. The summed E-state index contributed by atoms with van der Waals surface area (Å²) in [5, 5.41) is 12.0. The predicted molar refractivity (Wildman–Crippen MR) is 74.0 cm³/mol. The number of carbonyl (C=O) groups is 1. The highest BCUT2D eigenvalue weighted by molar-refractivity contribution is 6.01. The second-order valence-electron chi connectivity index (χ2n) is 3.86. The van der Waals surface area contributed by atoms with E-state index in [4.69, 9.17) is 15.7 Å². The standard InChI is InChI=1S/C14H17N3O2/c1-3-8-19-14(18)12(9-15)13(16)10-4-6-11(17-2)7-5-10/h4-7,17H,3,8,16H2,1-2H3/b13-12-. The Bertz CT molecular complexity index is 512. The molecule has 0 aliphatic rings. The van der Waals surface area contributed by atoms with Crippen molar-refractivity contribution in [1.82, 2.24) is 0 Å². The molecular weight excluding hydrogens is 242 g/mol. The zero-order chi connectivity index (χ0) is 14.3. The number of nitrogens with zero attached hydrogens (tertiary/aromatic N) is 1. The maximum Gasteiger partial charge on any atom is 0.351 e. The lowest BCUT2D eigenvalue weighted by atomic mass is 10.1. The fourth-order valence-electron chi connectivity index (χ4n) is 1.44. The Morgan fingerprint density at radius 2 is 2.05 bits per heavy atom. The Labute approximate surface area is 112 Å². The van der Waals surface area contributed by atoms with Gasteiger partial charge in [-0.3, -0.25) is 0 Å². The molecule has 0 aliphatic carbocycles. The molecule has 0 saturated carbocycles. The highest BCUT2D eigenvalue weighted by Gasteiger charge is 2.15. The van der Waals surface area contributed by atoms with Gasteiger partial charge in [-0.1, -0.05) is 19.1 Å². The van der Waals surface area contributed by atoms with Gasteiger partial charge in [-0.25, -0.2) is 4.79 Å². The molecule has 1 aromatic carbocycles. The van der Waals surface area contributed by atoms with Crippen molar-refractivity contribution in [3.05, 3.63) is 35.4 Å². The molecule has 19 heavy (non-hydrogen) atoms. The van der Waals surface area contributed by atoms with Crippen LogP contribution >= 0.6 is 0 Å². The van der Waals surface area contributed by atoms with Crippen LogP contribution in [0, 0.1) is 11.3 Å². The molecular formula is C14H17N3O2. The van der Waals surface area contributed by atoms with Crippen LogP contribution in [0.1, 0.15) is 18.9 Å². The Balaban J connectivity index is 3.03. The van der Waals surface area contributed by atoms with Crippen molar-refractivity contribution in [3.63, 3.8) is 0 Å². The van der Waals surface area contributed by atoms with Gasteiger partial charge in [0.25, 0.3) is 0 Å². The van der Waals surface area contributed by atoms with Crippen LogP contribution in [-0.2, 0) is 9.53 Å². The third-order valence-corrected chi connectivity index (χ3v) is 2.51. The lowest BCUT2D eigenvalue weighted by Gasteiger charge is -2.07. The lowest BCUT2D eigenvalue weighted by Crippen LogP contribution is -2.13. The topological polar surface area (TPSA) is 88.1 Å². The molecule has 0 amide bonds. The van der Waals surface area contributed by atoms with E-state index in [0.29, 0.717) is 12.0 Å². The van der Waals surface area contributed by atoms with Gasteiger partial charge in [0.05, 0.1) is 12.3 Å². The van der Waals surface area contributed by atoms with Crippen LogP contribution in [0.5, 0.6) is 0 Å². The van der Waals surface area contributed by atoms with Crippen molar-refractivity contribution in [2.45, 2.75) is 13.3 Å². The minimum absolute atomic E-state index is 0.131. The van der Waals surface area contributed by atoms with Gasteiger partial charge in [0.15, 0.2) is 5.57 Å². The second-order valence-corrected chi connectivity index (χ2v) is 3.86. The van der Waals surface area contributed by atoms with Gasteiger partial charge in [-0.05, 0) is 24.1 Å². The van der Waals surface area contributed by atoms with Gasteiger partial charge in [-0.2, -0.15) is 5.26 Å². The molecule has 5 nitrogen and oxygen atoms in total. The molecule has 1 rings (SSSR count). The Morgan fingerprint density at radius 1 is 1.42 bits per heavy atom. The van der Waals surface area contributed by atoms with E-state index in [9.17, 15) is 4.79 Å². The molecule has 0 unspecified atom stereocenters. The minimum atomic E-state index is -0.681. The molecule has 0 fully saturated rings. The van der Waals surface area contributed by atoms with Crippen LogP contribution in [0.15, 0.2) is 29.8 Å². The SMILES string of the molecule is CCCOC(=O)/C(C#N)=C(\N)c1ccc(NC)cc1. The fourth-order valence-corrected chi connectivity index (χ4v) is 1.44. The van der Waals surface area contributed by atoms with Crippen molar-refractivity contribution in [2.75, 3.05) is 19.0 Å². The highest BCUT2D eigenvalue weighted by Crippen LogP contribution is 2.17. The first-order valence-corrected chi connectivity index (χ1v) is 5.99. The van der Waals surface area contributed by atoms with E-state index in [0.717, 1.165) is 5.69 Å². The molecule has 3 N–H and O–H groups in total. The van der Waals surface area contributed by atoms with E-state index in [-0.39, 0.29) is 17.9 Å². The van der Waals surface area contributed by atoms with Gasteiger partial charge >= 0.3 is 5.97 Å². The quantitative estimate of drug-likeness (QED) is 0.479. The summed E-state index contributed by atoms with van der Waals surface area (Å²) in [5.74, 6) is -0.681. The Hall–Kier alpha value is -2.48. The third kappa shape index (κ3) is 3.75. The predicted octanol–water partition coefficient (Wildman–Crippen LogP) is 1.87. The number of ether oxygens (including phenoxy) is 1. The number of nitrogens with one attached hydrogen (secondary N) is 1. The highest BCUT2D eigenvalue weighted by atomic mass is 16.5. The first-order chi connectivity index (χ1) is 9.13. The number of esters is 1. The molecule has 100 valence electrons.